The van der Waals surface area contributed by atoms with Crippen molar-refractivity contribution in [1.29, 1.82) is 0 Å². The van der Waals surface area contributed by atoms with Gasteiger partial charge in [0.2, 0.25) is 5.76 Å². The molecule has 0 fully saturated rings. The number of nitrogens with zero attached hydrogens (tertiary/aromatic N) is 1. The molecular formula is C32H25NO4. The number of carbonyl (C=O) groups excluding carboxylic acids is 1. The molecule has 1 atom stereocenters. The van der Waals surface area contributed by atoms with E-state index in [1.165, 1.54) is 0 Å². The van der Waals surface area contributed by atoms with Crippen LogP contribution in [-0.2, 0) is 13.2 Å². The van der Waals surface area contributed by atoms with Crippen LogP contribution in [0.5, 0.6) is 5.75 Å². The molecular weight excluding hydrogens is 462 g/mol. The fourth-order valence-corrected chi connectivity index (χ4v) is 4.85. The molecule has 0 saturated heterocycles. The molecule has 0 spiro atoms. The van der Waals surface area contributed by atoms with Crippen molar-refractivity contribution in [1.82, 2.24) is 4.90 Å². The highest BCUT2D eigenvalue weighted by Crippen LogP contribution is 2.39. The summed E-state index contributed by atoms with van der Waals surface area (Å²) in [6.07, 6.45) is 0. The van der Waals surface area contributed by atoms with Gasteiger partial charge in [-0.25, -0.2) is 0 Å². The van der Waals surface area contributed by atoms with Crippen molar-refractivity contribution in [2.75, 3.05) is 0 Å². The van der Waals surface area contributed by atoms with Crippen LogP contribution in [0.1, 0.15) is 44.4 Å². The first-order valence-corrected chi connectivity index (χ1v) is 12.3. The van der Waals surface area contributed by atoms with Crippen molar-refractivity contribution < 1.29 is 13.9 Å². The van der Waals surface area contributed by atoms with E-state index in [1.54, 1.807) is 29.2 Å². The van der Waals surface area contributed by atoms with Gasteiger partial charge in [-0.15, -0.1) is 0 Å². The van der Waals surface area contributed by atoms with Gasteiger partial charge in [0.1, 0.15) is 17.9 Å². The topological polar surface area (TPSA) is 59.8 Å². The van der Waals surface area contributed by atoms with Crippen LogP contribution in [0.3, 0.4) is 0 Å². The van der Waals surface area contributed by atoms with E-state index in [9.17, 15) is 9.59 Å². The maximum Gasteiger partial charge on any atom is 0.291 e. The van der Waals surface area contributed by atoms with Gasteiger partial charge in [0, 0.05) is 6.54 Å². The van der Waals surface area contributed by atoms with Crippen molar-refractivity contribution in [3.05, 3.63) is 147 Å². The molecule has 1 aromatic heterocycles. The summed E-state index contributed by atoms with van der Waals surface area (Å²) in [5, 5.41) is 0.471. The molecule has 1 aliphatic heterocycles. The van der Waals surface area contributed by atoms with Gasteiger partial charge in [-0.2, -0.15) is 0 Å². The molecule has 1 aliphatic rings. The third-order valence-corrected chi connectivity index (χ3v) is 6.79. The summed E-state index contributed by atoms with van der Waals surface area (Å²) >= 11 is 0. The van der Waals surface area contributed by atoms with Gasteiger partial charge in [-0.3, -0.25) is 9.59 Å². The number of benzene rings is 4. The van der Waals surface area contributed by atoms with Crippen LogP contribution >= 0.6 is 0 Å². The summed E-state index contributed by atoms with van der Waals surface area (Å²) in [6, 6.07) is 32.1. The number of para-hydroxylation sites is 1. The van der Waals surface area contributed by atoms with E-state index >= 15 is 0 Å². The number of carbonyl (C=O) groups is 1. The first-order valence-electron chi connectivity index (χ1n) is 12.3. The van der Waals surface area contributed by atoms with Crippen molar-refractivity contribution in [2.45, 2.75) is 26.1 Å². The molecule has 1 amide bonds. The Labute approximate surface area is 214 Å². The largest absolute Gasteiger partial charge is 0.489 e. The van der Waals surface area contributed by atoms with E-state index in [4.69, 9.17) is 9.15 Å². The SMILES string of the molecule is Cc1ccc(CN2C(=O)c3oc4ccccc4c(=O)c3C2c2ccc(OCc3ccccc3)cc2)cc1. The lowest BCUT2D eigenvalue weighted by Gasteiger charge is -2.25. The van der Waals surface area contributed by atoms with Gasteiger partial charge >= 0.3 is 0 Å². The average molecular weight is 488 g/mol. The lowest BCUT2D eigenvalue weighted by molar-refractivity contribution is 0.0714. The second kappa shape index (κ2) is 9.43. The van der Waals surface area contributed by atoms with Gasteiger partial charge in [0.05, 0.1) is 17.0 Å². The van der Waals surface area contributed by atoms with Crippen molar-refractivity contribution in [2.24, 2.45) is 0 Å². The Balaban J connectivity index is 1.39. The third-order valence-electron chi connectivity index (χ3n) is 6.79. The summed E-state index contributed by atoms with van der Waals surface area (Å²) < 4.78 is 12.0. The van der Waals surface area contributed by atoms with Crippen LogP contribution in [-0.4, -0.2) is 10.8 Å². The van der Waals surface area contributed by atoms with Crippen LogP contribution in [0.25, 0.3) is 11.0 Å². The van der Waals surface area contributed by atoms with E-state index in [0.29, 0.717) is 35.4 Å². The number of fused-ring (bicyclic) bond motifs is 2. The molecule has 4 aromatic carbocycles. The van der Waals surface area contributed by atoms with Crippen molar-refractivity contribution >= 4 is 16.9 Å². The minimum Gasteiger partial charge on any atom is -0.489 e. The van der Waals surface area contributed by atoms with E-state index in [2.05, 4.69) is 0 Å². The number of hydrogen-bond donors (Lipinski definition) is 0. The van der Waals surface area contributed by atoms with Crippen LogP contribution < -0.4 is 10.2 Å². The predicted octanol–water partition coefficient (Wildman–Crippen LogP) is 6.43. The predicted molar refractivity (Wildman–Crippen MR) is 143 cm³/mol. The lowest BCUT2D eigenvalue weighted by atomic mass is 9.98. The molecule has 37 heavy (non-hydrogen) atoms. The molecule has 0 saturated carbocycles. The maximum absolute atomic E-state index is 13.7. The van der Waals surface area contributed by atoms with Crippen molar-refractivity contribution in [3.8, 4) is 5.75 Å². The fraction of sp³-hybridized carbons (Fsp3) is 0.125. The van der Waals surface area contributed by atoms with Gasteiger partial charge in [-0.05, 0) is 47.9 Å². The normalized spacial score (nSPS) is 14.7. The van der Waals surface area contributed by atoms with E-state index in [1.807, 2.05) is 85.8 Å². The molecule has 5 heteroatoms. The summed E-state index contributed by atoms with van der Waals surface area (Å²) in [7, 11) is 0. The van der Waals surface area contributed by atoms with Gasteiger partial charge in [-0.1, -0.05) is 84.4 Å². The highest BCUT2D eigenvalue weighted by Gasteiger charge is 2.42. The first kappa shape index (κ1) is 22.8. The average Bonchev–Trinajstić information content (AvgIpc) is 3.21. The number of rotatable bonds is 6. The first-order chi connectivity index (χ1) is 18.1. The zero-order valence-corrected chi connectivity index (χ0v) is 20.4. The smallest absolute Gasteiger partial charge is 0.291 e. The highest BCUT2D eigenvalue weighted by molar-refractivity contribution is 5.99. The Hall–Kier alpha value is -4.64. The van der Waals surface area contributed by atoms with Gasteiger partial charge < -0.3 is 14.1 Å². The zero-order chi connectivity index (χ0) is 25.4. The number of hydrogen-bond acceptors (Lipinski definition) is 4. The Morgan fingerprint density at radius 2 is 1.49 bits per heavy atom. The molecule has 0 aliphatic carbocycles. The number of ether oxygens (including phenoxy) is 1. The minimum absolute atomic E-state index is 0.116. The standard InChI is InChI=1S/C32H25NO4/c1-21-11-13-22(14-12-21)19-33-29(24-15-17-25(18-16-24)36-20-23-7-3-2-4-8-23)28-30(34)26-9-5-6-10-27(26)37-31(28)32(33)35/h2-18,29H,19-20H2,1H3. The zero-order valence-electron chi connectivity index (χ0n) is 20.4. The molecule has 0 bridgehead atoms. The lowest BCUT2D eigenvalue weighted by Crippen LogP contribution is -2.29. The van der Waals surface area contributed by atoms with Gasteiger partial charge in [0.25, 0.3) is 5.91 Å². The van der Waals surface area contributed by atoms with Crippen molar-refractivity contribution in [3.63, 3.8) is 0 Å². The van der Waals surface area contributed by atoms with Crippen LogP contribution in [0, 0.1) is 6.92 Å². The molecule has 2 heterocycles. The van der Waals surface area contributed by atoms with E-state index in [0.717, 1.165) is 22.3 Å². The van der Waals surface area contributed by atoms with E-state index in [-0.39, 0.29) is 17.1 Å². The maximum atomic E-state index is 13.7. The Kier molecular flexibility index (Phi) is 5.81. The number of aryl methyl sites for hydroxylation is 1. The summed E-state index contributed by atoms with van der Waals surface area (Å²) in [5.74, 6) is 0.547. The third kappa shape index (κ3) is 4.29. The Morgan fingerprint density at radius 3 is 2.24 bits per heavy atom. The van der Waals surface area contributed by atoms with Crippen LogP contribution in [0.2, 0.25) is 0 Å². The quantitative estimate of drug-likeness (QED) is 0.277. The molecule has 5 nitrogen and oxygen atoms in total. The molecule has 0 N–H and O–H groups in total. The molecule has 5 aromatic rings. The summed E-state index contributed by atoms with van der Waals surface area (Å²) in [4.78, 5) is 29.0. The fourth-order valence-electron chi connectivity index (χ4n) is 4.85. The van der Waals surface area contributed by atoms with E-state index < -0.39 is 6.04 Å². The second-order valence-electron chi connectivity index (χ2n) is 9.33. The Morgan fingerprint density at radius 1 is 0.784 bits per heavy atom. The molecule has 6 rings (SSSR count). The summed E-state index contributed by atoms with van der Waals surface area (Å²) in [5.41, 5.74) is 4.66. The monoisotopic (exact) mass is 487 g/mol. The second-order valence-corrected chi connectivity index (χ2v) is 9.33. The number of amides is 1. The van der Waals surface area contributed by atoms with Gasteiger partial charge in [0.15, 0.2) is 5.43 Å². The van der Waals surface area contributed by atoms with Crippen LogP contribution in [0.15, 0.2) is 112 Å². The molecule has 182 valence electrons. The highest BCUT2D eigenvalue weighted by atomic mass is 16.5. The van der Waals surface area contributed by atoms with Crippen LogP contribution in [0.4, 0.5) is 0 Å². The Bertz CT molecular complexity index is 1640. The summed E-state index contributed by atoms with van der Waals surface area (Å²) in [6.45, 7) is 2.84. The minimum atomic E-state index is -0.562. The molecule has 0 radical (unpaired) electrons. The molecule has 1 unspecified atom stereocenters.